The van der Waals surface area contributed by atoms with E-state index < -0.39 is 10.0 Å². The summed E-state index contributed by atoms with van der Waals surface area (Å²) in [5.41, 5.74) is 2.09. The molecule has 0 radical (unpaired) electrons. The summed E-state index contributed by atoms with van der Waals surface area (Å²) in [5.74, 6) is 0.144. The highest BCUT2D eigenvalue weighted by molar-refractivity contribution is 7.89. The molecule has 1 unspecified atom stereocenters. The van der Waals surface area contributed by atoms with Gasteiger partial charge in [0.05, 0.1) is 11.4 Å². The Morgan fingerprint density at radius 1 is 1.23 bits per heavy atom. The van der Waals surface area contributed by atoms with Gasteiger partial charge in [-0.15, -0.1) is 0 Å². The first-order chi connectivity index (χ1) is 12.4. The summed E-state index contributed by atoms with van der Waals surface area (Å²) in [6, 6.07) is 7.09. The lowest BCUT2D eigenvalue weighted by molar-refractivity contribution is 0.124. The van der Waals surface area contributed by atoms with Crippen LogP contribution in [0.3, 0.4) is 0 Å². The number of ether oxygens (including phenoxy) is 1. The lowest BCUT2D eigenvalue weighted by atomic mass is 10.1. The van der Waals surface area contributed by atoms with Gasteiger partial charge in [0.1, 0.15) is 12.2 Å². The Morgan fingerprint density at radius 2 is 2.00 bits per heavy atom. The Kier molecular flexibility index (Phi) is 5.20. The Labute approximate surface area is 153 Å². The van der Waals surface area contributed by atoms with Crippen LogP contribution in [0.4, 0.5) is 0 Å². The predicted octanol–water partition coefficient (Wildman–Crippen LogP) is 2.20. The summed E-state index contributed by atoms with van der Waals surface area (Å²) in [6.07, 6.45) is 3.87. The Morgan fingerprint density at radius 3 is 2.73 bits per heavy atom. The summed E-state index contributed by atoms with van der Waals surface area (Å²) in [5, 5.41) is 9.09. The van der Waals surface area contributed by atoms with Crippen LogP contribution < -0.4 is 4.74 Å². The summed E-state index contributed by atoms with van der Waals surface area (Å²) in [4.78, 5) is 8.24. The van der Waals surface area contributed by atoms with Crippen LogP contribution in [-0.2, 0) is 10.0 Å². The molecule has 26 heavy (non-hydrogen) atoms. The molecule has 1 saturated heterocycles. The Balaban J connectivity index is 1.79. The van der Waals surface area contributed by atoms with Crippen LogP contribution in [0, 0.1) is 25.2 Å². The molecule has 1 atom stereocenters. The van der Waals surface area contributed by atoms with Gasteiger partial charge in [-0.3, -0.25) is 0 Å². The number of nitrogens with zero attached hydrogens (tertiary/aromatic N) is 4. The number of hydrogen-bond acceptors (Lipinski definition) is 6. The van der Waals surface area contributed by atoms with Gasteiger partial charge in [-0.25, -0.2) is 18.4 Å². The van der Waals surface area contributed by atoms with E-state index in [1.807, 2.05) is 26.0 Å². The lowest BCUT2D eigenvalue weighted by Gasteiger charge is -2.32. The van der Waals surface area contributed by atoms with Crippen LogP contribution in [0.1, 0.15) is 29.7 Å². The maximum Gasteiger partial charge on any atom is 0.251 e. The van der Waals surface area contributed by atoms with E-state index in [0.717, 1.165) is 11.1 Å². The minimum Gasteiger partial charge on any atom is -0.471 e. The van der Waals surface area contributed by atoms with Gasteiger partial charge >= 0.3 is 0 Å². The second-order valence-corrected chi connectivity index (χ2v) is 8.25. The van der Waals surface area contributed by atoms with Crippen molar-refractivity contribution in [3.05, 3.63) is 47.4 Å². The molecule has 0 bridgehead atoms. The van der Waals surface area contributed by atoms with E-state index >= 15 is 0 Å². The van der Waals surface area contributed by atoms with E-state index in [1.54, 1.807) is 12.1 Å². The summed E-state index contributed by atoms with van der Waals surface area (Å²) in [6.45, 7) is 4.51. The highest BCUT2D eigenvalue weighted by atomic mass is 32.2. The molecule has 1 aromatic carbocycles. The van der Waals surface area contributed by atoms with Gasteiger partial charge in [0.15, 0.2) is 0 Å². The predicted molar refractivity (Wildman–Crippen MR) is 95.1 cm³/mol. The maximum absolute atomic E-state index is 13.0. The van der Waals surface area contributed by atoms with E-state index in [9.17, 15) is 8.42 Å². The number of rotatable bonds is 4. The third-order valence-electron chi connectivity index (χ3n) is 4.51. The van der Waals surface area contributed by atoms with Gasteiger partial charge in [0.25, 0.3) is 5.88 Å². The second-order valence-electron chi connectivity index (χ2n) is 6.31. The molecule has 0 amide bonds. The largest absolute Gasteiger partial charge is 0.471 e. The average Bonchev–Trinajstić information content (AvgIpc) is 2.64. The molecule has 0 spiro atoms. The SMILES string of the molecule is Cc1ccc(S(=O)(=O)N2CCCC(Oc3nccnc3C#N)C2)cc1C. The number of hydrogen-bond donors (Lipinski definition) is 0. The molecular formula is C18H20N4O3S. The monoisotopic (exact) mass is 372 g/mol. The van der Waals surface area contributed by atoms with E-state index in [0.29, 0.717) is 24.3 Å². The lowest BCUT2D eigenvalue weighted by Crippen LogP contribution is -2.44. The molecule has 0 N–H and O–H groups in total. The molecule has 1 aliphatic heterocycles. The van der Waals surface area contributed by atoms with Gasteiger partial charge in [-0.2, -0.15) is 9.57 Å². The molecule has 1 fully saturated rings. The molecule has 2 heterocycles. The first kappa shape index (κ1) is 18.3. The minimum absolute atomic E-state index is 0.0987. The van der Waals surface area contributed by atoms with E-state index in [1.165, 1.54) is 16.7 Å². The zero-order valence-electron chi connectivity index (χ0n) is 14.7. The fourth-order valence-corrected chi connectivity index (χ4v) is 4.48. The topological polar surface area (TPSA) is 96.2 Å². The fourth-order valence-electron chi connectivity index (χ4n) is 2.89. The zero-order chi connectivity index (χ0) is 18.7. The van der Waals surface area contributed by atoms with Crippen LogP contribution in [0.2, 0.25) is 0 Å². The van der Waals surface area contributed by atoms with Crippen molar-refractivity contribution in [1.82, 2.24) is 14.3 Å². The molecule has 8 heteroatoms. The molecule has 0 saturated carbocycles. The summed E-state index contributed by atoms with van der Waals surface area (Å²) in [7, 11) is -3.59. The van der Waals surface area contributed by atoms with E-state index in [4.69, 9.17) is 10.00 Å². The van der Waals surface area contributed by atoms with E-state index in [2.05, 4.69) is 9.97 Å². The minimum atomic E-state index is -3.59. The number of benzene rings is 1. The normalized spacial score (nSPS) is 18.3. The van der Waals surface area contributed by atoms with Crippen LogP contribution in [0.5, 0.6) is 5.88 Å². The summed E-state index contributed by atoms with van der Waals surface area (Å²) >= 11 is 0. The van der Waals surface area contributed by atoms with Gasteiger partial charge in [-0.05, 0) is 49.9 Å². The quantitative estimate of drug-likeness (QED) is 0.816. The van der Waals surface area contributed by atoms with Crippen LogP contribution >= 0.6 is 0 Å². The van der Waals surface area contributed by atoms with Crippen molar-refractivity contribution in [3.63, 3.8) is 0 Å². The molecule has 7 nitrogen and oxygen atoms in total. The third kappa shape index (κ3) is 3.69. The molecule has 3 rings (SSSR count). The van der Waals surface area contributed by atoms with Crippen molar-refractivity contribution in [2.24, 2.45) is 0 Å². The van der Waals surface area contributed by atoms with Crippen molar-refractivity contribution in [1.29, 1.82) is 5.26 Å². The fraction of sp³-hybridized carbons (Fsp3) is 0.389. The summed E-state index contributed by atoms with van der Waals surface area (Å²) < 4.78 is 33.1. The average molecular weight is 372 g/mol. The highest BCUT2D eigenvalue weighted by Gasteiger charge is 2.32. The smallest absolute Gasteiger partial charge is 0.251 e. The molecule has 1 aromatic heterocycles. The third-order valence-corrected chi connectivity index (χ3v) is 6.37. The zero-order valence-corrected chi connectivity index (χ0v) is 15.5. The van der Waals surface area contributed by atoms with Crippen LogP contribution in [0.15, 0.2) is 35.5 Å². The van der Waals surface area contributed by atoms with Crippen molar-refractivity contribution >= 4 is 10.0 Å². The van der Waals surface area contributed by atoms with Gasteiger partial charge < -0.3 is 4.74 Å². The molecule has 0 aliphatic carbocycles. The standard InChI is InChI=1S/C18H20N4O3S/c1-13-5-6-16(10-14(13)2)26(23,24)22-9-3-4-15(12-22)25-18-17(11-19)20-7-8-21-18/h5-8,10,15H,3-4,9,12H2,1-2H3. The number of aryl methyl sites for hydroxylation is 2. The number of nitriles is 1. The molecule has 2 aromatic rings. The first-order valence-corrected chi connectivity index (χ1v) is 9.81. The van der Waals surface area contributed by atoms with Gasteiger partial charge in [-0.1, -0.05) is 6.07 Å². The maximum atomic E-state index is 13.0. The van der Waals surface area contributed by atoms with E-state index in [-0.39, 0.29) is 24.2 Å². The highest BCUT2D eigenvalue weighted by Crippen LogP contribution is 2.25. The van der Waals surface area contributed by atoms with Crippen LogP contribution in [-0.4, -0.2) is 41.9 Å². The van der Waals surface area contributed by atoms with Crippen molar-refractivity contribution in [2.45, 2.75) is 37.7 Å². The van der Waals surface area contributed by atoms with Gasteiger partial charge in [0, 0.05) is 18.9 Å². The second kappa shape index (κ2) is 7.40. The number of piperidine rings is 1. The van der Waals surface area contributed by atoms with Crippen molar-refractivity contribution in [2.75, 3.05) is 13.1 Å². The molecule has 1 aliphatic rings. The number of aromatic nitrogens is 2. The Hall–Kier alpha value is -2.50. The van der Waals surface area contributed by atoms with Crippen LogP contribution in [0.25, 0.3) is 0 Å². The van der Waals surface area contributed by atoms with Crippen molar-refractivity contribution in [3.8, 4) is 11.9 Å². The number of sulfonamides is 1. The van der Waals surface area contributed by atoms with Gasteiger partial charge in [0.2, 0.25) is 15.7 Å². The van der Waals surface area contributed by atoms with Crippen molar-refractivity contribution < 1.29 is 13.2 Å². The first-order valence-electron chi connectivity index (χ1n) is 8.37. The Bertz CT molecular complexity index is 953. The molecular weight excluding hydrogens is 352 g/mol. The molecule has 136 valence electrons.